The van der Waals surface area contributed by atoms with Crippen LogP contribution < -0.4 is 10.6 Å². The summed E-state index contributed by atoms with van der Waals surface area (Å²) in [5.41, 5.74) is 0.0482. The maximum absolute atomic E-state index is 13.2. The molecule has 41 heavy (non-hydrogen) atoms. The number of ether oxygens (including phenoxy) is 1. The van der Waals surface area contributed by atoms with Crippen molar-refractivity contribution in [3.63, 3.8) is 0 Å². The second-order valence-electron chi connectivity index (χ2n) is 8.45. The third-order valence-electron chi connectivity index (χ3n) is 5.76. The van der Waals surface area contributed by atoms with E-state index in [4.69, 9.17) is 9.29 Å². The molecule has 16 heteroatoms. The van der Waals surface area contributed by atoms with E-state index in [2.05, 4.69) is 10.2 Å². The zero-order valence-electron chi connectivity index (χ0n) is 21.4. The first-order valence-corrected chi connectivity index (χ1v) is 14.6. The molecule has 4 rings (SSSR count). The Bertz CT molecular complexity index is 1900. The molecule has 0 saturated heterocycles. The highest BCUT2D eigenvalue weighted by Gasteiger charge is 2.35. The number of allylic oxidation sites excluding steroid dienone is 2. The van der Waals surface area contributed by atoms with Crippen LogP contribution in [-0.2, 0) is 34.6 Å². The monoisotopic (exact) mass is 602 g/mol. The SMILES string of the molecule is CCOC(=O)C1=NN(c2ccc(S(=O)(=O)O)cc2)C(=O)/C1=C/C=C/c1c(C)[nH]n(-c2ccc(S(=O)(=O)O)cc2)c1=O. The molecule has 1 aliphatic rings. The van der Waals surface area contributed by atoms with Crippen LogP contribution in [0.1, 0.15) is 18.2 Å². The predicted octanol–water partition coefficient (Wildman–Crippen LogP) is 1.87. The van der Waals surface area contributed by atoms with Gasteiger partial charge in [0.25, 0.3) is 31.7 Å². The summed E-state index contributed by atoms with van der Waals surface area (Å²) in [4.78, 5) is 38.0. The Kier molecular flexibility index (Phi) is 7.94. The minimum Gasteiger partial charge on any atom is -0.461 e. The van der Waals surface area contributed by atoms with Crippen molar-refractivity contribution in [3.05, 3.63) is 87.9 Å². The van der Waals surface area contributed by atoms with Gasteiger partial charge in [0, 0.05) is 5.69 Å². The van der Waals surface area contributed by atoms with Gasteiger partial charge < -0.3 is 4.74 Å². The first kappa shape index (κ1) is 29.3. The van der Waals surface area contributed by atoms with Gasteiger partial charge in [-0.05, 0) is 74.5 Å². The molecule has 0 bridgehead atoms. The number of amides is 1. The van der Waals surface area contributed by atoms with E-state index in [1.54, 1.807) is 13.8 Å². The number of nitrogens with one attached hydrogen (secondary N) is 1. The number of esters is 1. The Morgan fingerprint density at radius 1 is 0.951 bits per heavy atom. The van der Waals surface area contributed by atoms with Gasteiger partial charge in [-0.1, -0.05) is 6.08 Å². The molecule has 0 unspecified atom stereocenters. The summed E-state index contributed by atoms with van der Waals surface area (Å²) in [5, 5.41) is 7.75. The quantitative estimate of drug-likeness (QED) is 0.194. The first-order valence-electron chi connectivity index (χ1n) is 11.7. The third kappa shape index (κ3) is 6.09. The molecule has 2 aromatic carbocycles. The van der Waals surface area contributed by atoms with Gasteiger partial charge in [-0.3, -0.25) is 23.8 Å². The molecule has 0 saturated carbocycles. The van der Waals surface area contributed by atoms with Gasteiger partial charge in [-0.25, -0.2) is 9.48 Å². The van der Waals surface area contributed by atoms with Gasteiger partial charge >= 0.3 is 5.97 Å². The Hall–Kier alpha value is -4.64. The Morgan fingerprint density at radius 2 is 1.49 bits per heavy atom. The van der Waals surface area contributed by atoms with Crippen LogP contribution in [0.4, 0.5) is 5.69 Å². The molecule has 0 atom stereocenters. The third-order valence-corrected chi connectivity index (χ3v) is 7.50. The molecule has 3 aromatic rings. The van der Waals surface area contributed by atoms with E-state index in [1.807, 2.05) is 0 Å². The largest absolute Gasteiger partial charge is 0.461 e. The van der Waals surface area contributed by atoms with Crippen molar-refractivity contribution in [2.45, 2.75) is 23.6 Å². The zero-order chi connectivity index (χ0) is 30.1. The Morgan fingerprint density at radius 3 is 2.00 bits per heavy atom. The zero-order valence-corrected chi connectivity index (χ0v) is 23.0. The number of carbonyl (C=O) groups is 2. The molecule has 1 amide bonds. The molecule has 0 spiro atoms. The molecule has 214 valence electrons. The highest BCUT2D eigenvalue weighted by Crippen LogP contribution is 2.26. The van der Waals surface area contributed by atoms with Gasteiger partial charge in [0.2, 0.25) is 0 Å². The number of aromatic nitrogens is 2. The normalized spacial score (nSPS) is 15.1. The average molecular weight is 603 g/mol. The summed E-state index contributed by atoms with van der Waals surface area (Å²) in [6.45, 7) is 3.19. The smallest absolute Gasteiger partial charge is 0.359 e. The van der Waals surface area contributed by atoms with E-state index in [-0.39, 0.29) is 34.0 Å². The lowest BCUT2D eigenvalue weighted by molar-refractivity contribution is -0.135. The van der Waals surface area contributed by atoms with Crippen molar-refractivity contribution in [2.24, 2.45) is 5.10 Å². The predicted molar refractivity (Wildman–Crippen MR) is 146 cm³/mol. The van der Waals surface area contributed by atoms with Crippen LogP contribution >= 0.6 is 0 Å². The van der Waals surface area contributed by atoms with Crippen molar-refractivity contribution in [3.8, 4) is 5.69 Å². The first-order chi connectivity index (χ1) is 19.2. The van der Waals surface area contributed by atoms with E-state index < -0.39 is 42.6 Å². The summed E-state index contributed by atoms with van der Waals surface area (Å²) in [5.74, 6) is -1.62. The number of hydrazone groups is 1. The van der Waals surface area contributed by atoms with Crippen LogP contribution in [0.3, 0.4) is 0 Å². The van der Waals surface area contributed by atoms with Gasteiger partial charge in [-0.15, -0.1) is 0 Å². The number of anilines is 1. The number of aryl methyl sites for hydroxylation is 1. The lowest BCUT2D eigenvalue weighted by atomic mass is 10.1. The standard InChI is InChI=1S/C25H22N4O10S2/c1-3-39-25(32)22-21(24(31)29(27-22)17-9-13-19(14-10-17)41(36,37)38)6-4-5-20-15(2)26-28(23(20)30)16-7-11-18(12-8-16)40(33,34)35/h4-14,26H,3H2,1-2H3,(H,33,34,35)(H,36,37,38)/b5-4+,21-6+. The maximum atomic E-state index is 13.2. The van der Waals surface area contributed by atoms with Crippen molar-refractivity contribution in [1.29, 1.82) is 0 Å². The molecule has 0 radical (unpaired) electrons. The van der Waals surface area contributed by atoms with Crippen LogP contribution in [0, 0.1) is 6.92 Å². The van der Waals surface area contributed by atoms with E-state index in [0.717, 1.165) is 34.0 Å². The number of carbonyl (C=O) groups excluding carboxylic acids is 2. The lowest BCUT2D eigenvalue weighted by Gasteiger charge is -2.11. The Balaban J connectivity index is 1.66. The molecule has 14 nitrogen and oxygen atoms in total. The maximum Gasteiger partial charge on any atom is 0.359 e. The highest BCUT2D eigenvalue weighted by atomic mass is 32.2. The van der Waals surface area contributed by atoms with E-state index >= 15 is 0 Å². The molecule has 1 aliphatic heterocycles. The van der Waals surface area contributed by atoms with Crippen molar-refractivity contribution in [1.82, 2.24) is 9.78 Å². The number of hydrogen-bond donors (Lipinski definition) is 3. The fourth-order valence-electron chi connectivity index (χ4n) is 3.79. The molecular weight excluding hydrogens is 580 g/mol. The fourth-order valence-corrected chi connectivity index (χ4v) is 4.75. The number of nitrogens with zero attached hydrogens (tertiary/aromatic N) is 3. The summed E-state index contributed by atoms with van der Waals surface area (Å²) < 4.78 is 69.7. The average Bonchev–Trinajstić information content (AvgIpc) is 3.39. The summed E-state index contributed by atoms with van der Waals surface area (Å²) in [6.07, 6.45) is 4.02. The number of benzene rings is 2. The van der Waals surface area contributed by atoms with Crippen LogP contribution in [0.5, 0.6) is 0 Å². The van der Waals surface area contributed by atoms with Crippen LogP contribution in [0.2, 0.25) is 0 Å². The van der Waals surface area contributed by atoms with Crippen LogP contribution in [-0.4, -0.2) is 59.9 Å². The number of aromatic amines is 1. The molecule has 0 aliphatic carbocycles. The van der Waals surface area contributed by atoms with Gasteiger partial charge in [0.05, 0.1) is 38.9 Å². The molecule has 3 N–H and O–H groups in total. The van der Waals surface area contributed by atoms with Gasteiger partial charge in [0.15, 0.2) is 5.71 Å². The molecular formula is C25H22N4O10S2. The number of rotatable bonds is 8. The minimum absolute atomic E-state index is 0.00548. The molecule has 1 aromatic heterocycles. The second-order valence-corrected chi connectivity index (χ2v) is 11.3. The van der Waals surface area contributed by atoms with Crippen LogP contribution in [0.25, 0.3) is 11.8 Å². The van der Waals surface area contributed by atoms with Crippen molar-refractivity contribution >= 4 is 49.6 Å². The van der Waals surface area contributed by atoms with Crippen molar-refractivity contribution < 1.29 is 40.3 Å². The molecule has 2 heterocycles. The van der Waals surface area contributed by atoms with E-state index in [9.17, 15) is 35.8 Å². The van der Waals surface area contributed by atoms with E-state index in [0.29, 0.717) is 11.4 Å². The Labute approximate surface area is 233 Å². The lowest BCUT2D eigenvalue weighted by Crippen LogP contribution is -2.23. The fraction of sp³-hybridized carbons (Fsp3) is 0.120. The van der Waals surface area contributed by atoms with Crippen LogP contribution in [0.15, 0.2) is 85.9 Å². The van der Waals surface area contributed by atoms with E-state index in [1.165, 1.54) is 42.5 Å². The summed E-state index contributed by atoms with van der Waals surface area (Å²) >= 11 is 0. The summed E-state index contributed by atoms with van der Waals surface area (Å²) in [6, 6.07) is 9.50. The highest BCUT2D eigenvalue weighted by molar-refractivity contribution is 7.86. The minimum atomic E-state index is -4.47. The second kappa shape index (κ2) is 11.1. The van der Waals surface area contributed by atoms with Gasteiger partial charge in [0.1, 0.15) is 0 Å². The molecule has 0 fully saturated rings. The number of hydrogen-bond acceptors (Lipinski definition) is 9. The topological polar surface area (TPSA) is 205 Å². The number of H-pyrrole nitrogens is 1. The van der Waals surface area contributed by atoms with Crippen molar-refractivity contribution in [2.75, 3.05) is 11.6 Å². The van der Waals surface area contributed by atoms with Gasteiger partial charge in [-0.2, -0.15) is 26.9 Å². The summed E-state index contributed by atoms with van der Waals surface area (Å²) in [7, 11) is -8.87.